The van der Waals surface area contributed by atoms with Crippen LogP contribution < -0.4 is 0 Å². The molecule has 36 valence electrons. The first-order chi connectivity index (χ1) is 1.00. The van der Waals surface area contributed by atoms with Crippen LogP contribution in [0.25, 0.3) is 0 Å². The first-order valence-corrected chi connectivity index (χ1v) is 0.333. The molecule has 0 aromatic carbocycles. The number of hydrogen-bond acceptors (Lipinski definition) is 0. The molecule has 0 bridgehead atoms. The normalized spacial score (nSPS) is 0.400. The van der Waals surface area contributed by atoms with Gasteiger partial charge in [-0.3, -0.25) is 0 Å². The van der Waals surface area contributed by atoms with E-state index in [0.29, 0.717) is 0 Å². The summed E-state index contributed by atoms with van der Waals surface area (Å²) in [6, 6.07) is 0. The van der Waals surface area contributed by atoms with Crippen molar-refractivity contribution in [2.24, 2.45) is 0 Å². The standard InChI is InChI=1S/C2H2.2CH3.Cu/c1-2;;;/h1-2H;2*1H3;/q;2*-1;+1. The van der Waals surface area contributed by atoms with Gasteiger partial charge in [-0.1, -0.05) is 0 Å². The second kappa shape index (κ2) is 6120. The summed E-state index contributed by atoms with van der Waals surface area (Å²) >= 11 is 0. The molecule has 0 radical (unpaired) electrons. The van der Waals surface area contributed by atoms with Crippen LogP contribution in [-0.2, 0) is 17.1 Å². The quantitative estimate of drug-likeness (QED) is 0.255. The second-order valence-corrected chi connectivity index (χ2v) is 0. The fourth-order valence-corrected chi connectivity index (χ4v) is 0. The minimum Gasteiger partial charge on any atom is -0.358 e. The van der Waals surface area contributed by atoms with E-state index >= 15 is 0 Å². The van der Waals surface area contributed by atoms with Crippen molar-refractivity contribution in [3.05, 3.63) is 14.9 Å². The average Bonchev–Trinajstić information content (AvgIpc) is 1.00. The Hall–Kier alpha value is 0.0795. The minimum absolute atomic E-state index is 0. The van der Waals surface area contributed by atoms with E-state index in [1.807, 2.05) is 0 Å². The molecule has 0 aromatic heterocycles. The van der Waals surface area contributed by atoms with Gasteiger partial charge in [0.2, 0.25) is 0 Å². The first-order valence-electron chi connectivity index (χ1n) is 0.333. The van der Waals surface area contributed by atoms with Crippen LogP contribution in [0.2, 0.25) is 0 Å². The Kier molecular flexibility index (Phi) is 88900. The molecule has 5 heavy (non-hydrogen) atoms. The van der Waals surface area contributed by atoms with Gasteiger partial charge in [0, 0.05) is 0 Å². The second-order valence-electron chi connectivity index (χ2n) is 0. The third-order valence-electron chi connectivity index (χ3n) is 0. The Morgan fingerprint density at radius 2 is 0.800 bits per heavy atom. The SMILES string of the molecule is C#C.[CH3-].[CH3-].[Cu+]. The van der Waals surface area contributed by atoms with Crippen LogP contribution in [0.1, 0.15) is 0 Å². The molecule has 0 heterocycles. The average molecular weight is 120 g/mol. The van der Waals surface area contributed by atoms with Crippen molar-refractivity contribution in [3.63, 3.8) is 0 Å². The van der Waals surface area contributed by atoms with E-state index in [2.05, 4.69) is 12.8 Å². The fraction of sp³-hybridized carbons (Fsp3) is 0. The topological polar surface area (TPSA) is 0 Å². The smallest absolute Gasteiger partial charge is 0.358 e. The van der Waals surface area contributed by atoms with Crippen molar-refractivity contribution in [1.82, 2.24) is 0 Å². The summed E-state index contributed by atoms with van der Waals surface area (Å²) in [5.74, 6) is 0. The molecule has 0 aliphatic carbocycles. The summed E-state index contributed by atoms with van der Waals surface area (Å²) in [4.78, 5) is 0. The molecule has 0 aromatic rings. The Labute approximate surface area is 45.4 Å². The summed E-state index contributed by atoms with van der Waals surface area (Å²) < 4.78 is 0. The van der Waals surface area contributed by atoms with Crippen LogP contribution in [0.15, 0.2) is 0 Å². The molecule has 0 amide bonds. The van der Waals surface area contributed by atoms with E-state index in [-0.39, 0.29) is 31.9 Å². The fourth-order valence-electron chi connectivity index (χ4n) is 0. The van der Waals surface area contributed by atoms with Gasteiger partial charge in [-0.15, -0.1) is 12.8 Å². The van der Waals surface area contributed by atoms with Gasteiger partial charge in [0.25, 0.3) is 0 Å². The zero-order valence-corrected chi connectivity index (χ0v) is 4.40. The minimum atomic E-state index is 0. The van der Waals surface area contributed by atoms with Crippen molar-refractivity contribution in [2.75, 3.05) is 0 Å². The van der Waals surface area contributed by atoms with Crippen LogP contribution in [-0.4, -0.2) is 0 Å². The van der Waals surface area contributed by atoms with Gasteiger partial charge >= 0.3 is 17.1 Å². The van der Waals surface area contributed by atoms with E-state index in [1.165, 1.54) is 0 Å². The summed E-state index contributed by atoms with van der Waals surface area (Å²) in [6.07, 6.45) is 8.00. The van der Waals surface area contributed by atoms with Gasteiger partial charge in [0.1, 0.15) is 0 Å². The van der Waals surface area contributed by atoms with E-state index in [1.54, 1.807) is 0 Å². The Bertz CT molecular complexity index is 8.36. The maximum Gasteiger partial charge on any atom is 1.00 e. The predicted molar refractivity (Wildman–Crippen MR) is 22.7 cm³/mol. The molecular weight excluding hydrogens is 112 g/mol. The summed E-state index contributed by atoms with van der Waals surface area (Å²) in [5.41, 5.74) is 0. The maximum atomic E-state index is 4.00. The molecule has 0 rings (SSSR count). The largest absolute Gasteiger partial charge is 1.00 e. The molecule has 0 N–H and O–H groups in total. The molecule has 0 saturated heterocycles. The number of terminal acetylenes is 1. The van der Waals surface area contributed by atoms with Crippen molar-refractivity contribution in [1.29, 1.82) is 0 Å². The zero-order chi connectivity index (χ0) is 2.00. The van der Waals surface area contributed by atoms with E-state index in [0.717, 1.165) is 0 Å². The zero-order valence-electron chi connectivity index (χ0n) is 3.46. The van der Waals surface area contributed by atoms with Gasteiger partial charge in [0.15, 0.2) is 0 Å². The van der Waals surface area contributed by atoms with Crippen LogP contribution in [0.3, 0.4) is 0 Å². The van der Waals surface area contributed by atoms with Crippen molar-refractivity contribution in [2.45, 2.75) is 0 Å². The Morgan fingerprint density at radius 1 is 0.800 bits per heavy atom. The molecule has 0 saturated carbocycles. The molecule has 0 atom stereocenters. The molecule has 0 fully saturated rings. The van der Waals surface area contributed by atoms with Crippen LogP contribution >= 0.6 is 0 Å². The predicted octanol–water partition coefficient (Wildman–Crippen LogP) is 1.15. The van der Waals surface area contributed by atoms with Gasteiger partial charge in [-0.25, -0.2) is 0 Å². The van der Waals surface area contributed by atoms with E-state index in [4.69, 9.17) is 0 Å². The molecule has 0 aliphatic heterocycles. The first kappa shape index (κ1) is 72.5. The van der Waals surface area contributed by atoms with Crippen molar-refractivity contribution < 1.29 is 17.1 Å². The van der Waals surface area contributed by atoms with Gasteiger partial charge in [-0.05, 0) is 0 Å². The third kappa shape index (κ3) is 2790. The summed E-state index contributed by atoms with van der Waals surface area (Å²) in [5, 5.41) is 0. The summed E-state index contributed by atoms with van der Waals surface area (Å²) in [7, 11) is 0. The van der Waals surface area contributed by atoms with Crippen LogP contribution in [0.4, 0.5) is 0 Å². The molecule has 0 nitrogen and oxygen atoms in total. The number of rotatable bonds is 0. The summed E-state index contributed by atoms with van der Waals surface area (Å²) in [6.45, 7) is 0. The van der Waals surface area contributed by atoms with Gasteiger partial charge in [-0.2, -0.15) is 0 Å². The molecule has 0 unspecified atom stereocenters. The van der Waals surface area contributed by atoms with Crippen LogP contribution in [0, 0.1) is 27.7 Å². The molecule has 0 spiro atoms. The molecular formula is C4H8Cu-. The molecule has 0 aliphatic rings. The maximum absolute atomic E-state index is 4.00. The van der Waals surface area contributed by atoms with Gasteiger partial charge < -0.3 is 14.9 Å². The Balaban J connectivity index is -0.00000000167. The van der Waals surface area contributed by atoms with Crippen molar-refractivity contribution >= 4 is 0 Å². The van der Waals surface area contributed by atoms with Gasteiger partial charge in [0.05, 0.1) is 0 Å². The Morgan fingerprint density at radius 3 is 0.800 bits per heavy atom. The monoisotopic (exact) mass is 119 g/mol. The van der Waals surface area contributed by atoms with Crippen LogP contribution in [0.5, 0.6) is 0 Å². The van der Waals surface area contributed by atoms with Crippen molar-refractivity contribution in [3.8, 4) is 12.8 Å². The third-order valence-corrected chi connectivity index (χ3v) is 0. The van der Waals surface area contributed by atoms with E-state index < -0.39 is 0 Å². The molecule has 1 heteroatoms. The van der Waals surface area contributed by atoms with E-state index in [9.17, 15) is 0 Å². The number of hydrogen-bond donors (Lipinski definition) is 0.